The number of Topliss-reactive ketones (excluding diaryl/α,β-unsaturated/α-hetero) is 1. The van der Waals surface area contributed by atoms with Gasteiger partial charge in [0.05, 0.1) is 21.6 Å². The Morgan fingerprint density at radius 2 is 1.51 bits per heavy atom. The fourth-order valence-corrected chi connectivity index (χ4v) is 24.7. The van der Waals surface area contributed by atoms with Gasteiger partial charge in [-0.25, -0.2) is 0 Å². The fraction of sp³-hybridized carbons (Fsp3) is 0.905. The number of hydrogen-bond donors (Lipinski definition) is 1. The number of hydrogen-bond acceptors (Lipinski definition) is 6. The number of nitrogens with one attached hydrogen (secondary N) is 1. The zero-order valence-corrected chi connectivity index (χ0v) is 37.7. The van der Waals surface area contributed by atoms with Crippen molar-refractivity contribution in [2.45, 2.75) is 170 Å². The zero-order valence-electron chi connectivity index (χ0n) is 35.7. The van der Waals surface area contributed by atoms with Crippen LogP contribution in [-0.2, 0) is 19.1 Å². The molecule has 0 aromatic heterocycles. The highest BCUT2D eigenvalue weighted by atomic mass is 28.4. The van der Waals surface area contributed by atoms with Crippen molar-refractivity contribution in [2.24, 2.45) is 61.2 Å². The summed E-state index contributed by atoms with van der Waals surface area (Å²) in [7, 11) is 1.02. The van der Waals surface area contributed by atoms with Crippen molar-refractivity contribution in [3.05, 3.63) is 0 Å². The van der Waals surface area contributed by atoms with Crippen LogP contribution in [0.1, 0.15) is 107 Å². The van der Waals surface area contributed by atoms with E-state index < -0.39 is 21.6 Å². The lowest BCUT2D eigenvalue weighted by Crippen LogP contribution is -2.64. The third-order valence-corrected chi connectivity index (χ3v) is 24.6. The molecule has 0 aliphatic heterocycles. The van der Waals surface area contributed by atoms with E-state index in [-0.39, 0.29) is 80.8 Å². The van der Waals surface area contributed by atoms with E-state index >= 15 is 4.79 Å². The minimum absolute atomic E-state index is 0.00225. The number of amides is 1. The maximum Gasteiger partial charge on any atom is 0.311 e. The normalized spacial score (nSPS) is 41.6. The molecule has 1 amide bonds. The van der Waals surface area contributed by atoms with Crippen LogP contribution in [0.25, 0.3) is 0 Å². The monoisotopic (exact) mass is 742 g/mol. The molecule has 0 saturated heterocycles. The molecule has 5 aliphatic rings. The molecule has 5 saturated carbocycles. The second kappa shape index (κ2) is 12.6. The lowest BCUT2D eigenvalue weighted by Gasteiger charge is -2.62. The van der Waals surface area contributed by atoms with Crippen LogP contribution in [0.15, 0.2) is 4.99 Å². The Balaban J connectivity index is 1.59. The van der Waals surface area contributed by atoms with Gasteiger partial charge in [0.1, 0.15) is 11.9 Å². The Hall–Kier alpha value is -1.33. The predicted molar refractivity (Wildman–Crippen MR) is 215 cm³/mol. The summed E-state index contributed by atoms with van der Waals surface area (Å²) < 4.78 is 6.53. The number of rotatable bonds is 9. The fourth-order valence-electron chi connectivity index (χ4n) is 13.2. The van der Waals surface area contributed by atoms with Crippen molar-refractivity contribution >= 4 is 40.0 Å². The first-order valence-corrected chi connectivity index (χ1v) is 27.5. The van der Waals surface area contributed by atoms with Gasteiger partial charge >= 0.3 is 5.97 Å². The molecule has 5 fully saturated rings. The maximum atomic E-state index is 15.2. The largest absolute Gasteiger partial charge is 0.462 e. The molecule has 5 rings (SSSR count). The number of aliphatic imine (C=N–C) groups is 1. The predicted octanol–water partition coefficient (Wildman–Crippen LogP) is 8.44. The first-order chi connectivity index (χ1) is 23.0. The van der Waals surface area contributed by atoms with Gasteiger partial charge in [-0.3, -0.25) is 14.4 Å². The Morgan fingerprint density at radius 1 is 0.941 bits per heavy atom. The van der Waals surface area contributed by atoms with Crippen molar-refractivity contribution < 1.29 is 19.1 Å². The van der Waals surface area contributed by atoms with Crippen LogP contribution in [0, 0.1) is 56.2 Å². The third kappa shape index (κ3) is 6.12. The summed E-state index contributed by atoms with van der Waals surface area (Å²) in [6.07, 6.45) is 8.32. The summed E-state index contributed by atoms with van der Waals surface area (Å²) in [5, 5.41) is 3.91. The van der Waals surface area contributed by atoms with Gasteiger partial charge in [-0.1, -0.05) is 73.9 Å². The first kappa shape index (κ1) is 40.9. The van der Waals surface area contributed by atoms with Crippen LogP contribution in [0.3, 0.4) is 0 Å². The molecule has 11 atom stereocenters. The summed E-state index contributed by atoms with van der Waals surface area (Å²) in [6, 6.07) is 0.161. The minimum atomic E-state index is -1.61. The second-order valence-electron chi connectivity index (χ2n) is 22.6. The standard InChI is InChI=1S/C42H75N3O4Si2/c1-26(2)34(47)44-31-20-21-41-24-42(41)30(19-18-29(41)38(31,7)25-43-36(50(12,13)14)51(15,16)17)39(8)22-28(49-35(48)37(4,5)6)33(27(3)45(10)11)40(39,9)23-32(42)46/h25-31,33,36H,18-24H2,1-17H3,(H,44,47)/b43-25+/t27-,28+,29-,30-,31-,33-,38-,39-,40+,41?,42-/m0/s1. The molecule has 0 radical (unpaired) electrons. The highest BCUT2D eigenvalue weighted by Crippen LogP contribution is 2.88. The summed E-state index contributed by atoms with van der Waals surface area (Å²) in [5.41, 5.74) is -1.76. The number of fused-ring (bicyclic) bond motifs is 2. The Labute approximate surface area is 313 Å². The highest BCUT2D eigenvalue weighted by Gasteiger charge is 2.86. The van der Waals surface area contributed by atoms with E-state index in [0.29, 0.717) is 17.5 Å². The number of ketones is 1. The molecule has 1 N–H and O–H groups in total. The molecule has 7 nitrogen and oxygen atoms in total. The van der Waals surface area contributed by atoms with E-state index in [1.165, 1.54) is 0 Å². The molecular weight excluding hydrogens is 667 g/mol. The van der Waals surface area contributed by atoms with Gasteiger partial charge in [0.15, 0.2) is 0 Å². The number of carbonyl (C=O) groups excluding carboxylic acids is 3. The maximum absolute atomic E-state index is 15.2. The Kier molecular flexibility index (Phi) is 10.1. The van der Waals surface area contributed by atoms with Crippen molar-refractivity contribution in [1.82, 2.24) is 10.2 Å². The molecule has 290 valence electrons. The van der Waals surface area contributed by atoms with E-state index in [1.807, 2.05) is 34.6 Å². The summed E-state index contributed by atoms with van der Waals surface area (Å²) >= 11 is 0. The van der Waals surface area contributed by atoms with Crippen molar-refractivity contribution in [2.75, 3.05) is 14.1 Å². The summed E-state index contributed by atoms with van der Waals surface area (Å²) in [4.78, 5) is 50.0. The van der Waals surface area contributed by atoms with Gasteiger partial charge in [-0.05, 0) is 108 Å². The number of carbonyl (C=O) groups is 3. The topological polar surface area (TPSA) is 88.1 Å². The van der Waals surface area contributed by atoms with E-state index in [1.54, 1.807) is 0 Å². The smallest absolute Gasteiger partial charge is 0.311 e. The molecule has 1 unspecified atom stereocenters. The molecule has 0 bridgehead atoms. The van der Waals surface area contributed by atoms with Gasteiger partial charge in [-0.2, -0.15) is 0 Å². The van der Waals surface area contributed by atoms with Crippen LogP contribution in [0.5, 0.6) is 0 Å². The van der Waals surface area contributed by atoms with Crippen LogP contribution >= 0.6 is 0 Å². The lowest BCUT2D eigenvalue weighted by atomic mass is 9.41. The quantitative estimate of drug-likeness (QED) is 0.146. The molecule has 2 spiro atoms. The van der Waals surface area contributed by atoms with Gasteiger partial charge in [0.2, 0.25) is 5.91 Å². The van der Waals surface area contributed by atoms with Gasteiger partial charge in [0, 0.05) is 52.7 Å². The average molecular weight is 742 g/mol. The minimum Gasteiger partial charge on any atom is -0.462 e. The molecule has 0 aromatic carbocycles. The third-order valence-electron chi connectivity index (χ3n) is 15.8. The van der Waals surface area contributed by atoms with E-state index in [2.05, 4.69) is 97.5 Å². The van der Waals surface area contributed by atoms with Crippen LogP contribution in [-0.4, -0.2) is 82.5 Å². The van der Waals surface area contributed by atoms with Crippen LogP contribution < -0.4 is 5.32 Å². The molecule has 0 aromatic rings. The number of ether oxygens (including phenoxy) is 1. The van der Waals surface area contributed by atoms with E-state index in [4.69, 9.17) is 9.73 Å². The van der Waals surface area contributed by atoms with Crippen molar-refractivity contribution in [1.29, 1.82) is 0 Å². The average Bonchev–Trinajstić information content (AvgIpc) is 3.60. The van der Waals surface area contributed by atoms with Gasteiger partial charge in [-0.15, -0.1) is 0 Å². The second-order valence-corrected chi connectivity index (χ2v) is 33.7. The summed E-state index contributed by atoms with van der Waals surface area (Å²) in [6.45, 7) is 34.0. The number of nitrogens with zero attached hydrogens (tertiary/aromatic N) is 2. The number of esters is 1. The van der Waals surface area contributed by atoms with Crippen molar-refractivity contribution in [3.8, 4) is 0 Å². The Bertz CT molecular complexity index is 1430. The van der Waals surface area contributed by atoms with Crippen molar-refractivity contribution in [3.63, 3.8) is 0 Å². The molecular formula is C42H75N3O4Si2. The highest BCUT2D eigenvalue weighted by molar-refractivity contribution is 6.96. The SMILES string of the molecule is CC(C)C(=O)N[C@H]1CCC23C[C@]24C(=O)C[C@]2(C)[C@@H]([C@H](C)N(C)C)[C@H](OC(=O)C(C)(C)C)C[C@@]2(C)[C@@H]4CC[C@H]3[C@]1(C)/C=N/C([Si](C)(C)C)[Si](C)(C)C. The van der Waals surface area contributed by atoms with Crippen LogP contribution in [0.4, 0.5) is 0 Å². The van der Waals surface area contributed by atoms with E-state index in [0.717, 1.165) is 38.5 Å². The summed E-state index contributed by atoms with van der Waals surface area (Å²) in [5.74, 6) is 0.945. The lowest BCUT2D eigenvalue weighted by molar-refractivity contribution is -0.168. The van der Waals surface area contributed by atoms with E-state index in [9.17, 15) is 9.59 Å². The zero-order chi connectivity index (χ0) is 38.7. The molecule has 5 aliphatic carbocycles. The first-order valence-electron chi connectivity index (χ1n) is 20.3. The molecule has 9 heteroatoms. The Morgan fingerprint density at radius 3 is 2.02 bits per heavy atom. The van der Waals surface area contributed by atoms with Crippen LogP contribution in [0.2, 0.25) is 39.3 Å². The van der Waals surface area contributed by atoms with Gasteiger partial charge in [0.25, 0.3) is 0 Å². The van der Waals surface area contributed by atoms with Gasteiger partial charge < -0.3 is 19.9 Å². The molecule has 0 heterocycles. The molecule has 51 heavy (non-hydrogen) atoms.